The van der Waals surface area contributed by atoms with Gasteiger partial charge < -0.3 is 10.5 Å². The molecule has 6 heteroatoms. The van der Waals surface area contributed by atoms with E-state index in [0.29, 0.717) is 16.9 Å². The average Bonchev–Trinajstić information content (AvgIpc) is 2.55. The number of hydrogen-bond acceptors (Lipinski definition) is 4. The minimum atomic E-state index is -0.916. The maximum absolute atomic E-state index is 13.7. The van der Waals surface area contributed by atoms with Crippen molar-refractivity contribution in [2.75, 3.05) is 17.0 Å². The first-order chi connectivity index (χ1) is 7.79. The fourth-order valence-electron chi connectivity index (χ4n) is 1.79. The summed E-state index contributed by atoms with van der Waals surface area (Å²) in [5, 5.41) is 11.4. The molecule has 4 nitrogen and oxygen atoms in total. The van der Waals surface area contributed by atoms with Crippen molar-refractivity contribution in [2.24, 2.45) is 0 Å². The van der Waals surface area contributed by atoms with Crippen LogP contribution in [0.1, 0.15) is 19.4 Å². The quantitative estimate of drug-likeness (QED) is 0.762. The Hall–Kier alpha value is -1.04. The van der Waals surface area contributed by atoms with Gasteiger partial charge in [0.15, 0.2) is 0 Å². The van der Waals surface area contributed by atoms with Gasteiger partial charge in [0, 0.05) is 0 Å². The lowest BCUT2D eigenvalue weighted by Gasteiger charge is -2.26. The number of rotatable bonds is 2. The number of halogens is 2. The monoisotopic (exact) mass is 259 g/mol. The molecule has 1 aliphatic heterocycles. The van der Waals surface area contributed by atoms with Gasteiger partial charge in [-0.25, -0.2) is 4.39 Å². The standard InChI is InChI=1S/C11H15ClFN3O/c1-6-4-7-10(8(12)9(6)13)16(15-14-7)5-11(2,3)17/h4,14-15,17H,5H2,1-3H3. The van der Waals surface area contributed by atoms with Crippen molar-refractivity contribution in [2.45, 2.75) is 26.4 Å². The van der Waals surface area contributed by atoms with E-state index in [1.54, 1.807) is 31.8 Å². The summed E-state index contributed by atoms with van der Waals surface area (Å²) in [7, 11) is 0. The van der Waals surface area contributed by atoms with Gasteiger partial charge in [-0.15, -0.1) is 5.53 Å². The number of fused-ring (bicyclic) bond motifs is 1. The summed E-state index contributed by atoms with van der Waals surface area (Å²) in [6.45, 7) is 5.29. The highest BCUT2D eigenvalue weighted by Gasteiger charge is 2.29. The van der Waals surface area contributed by atoms with Gasteiger partial charge >= 0.3 is 0 Å². The van der Waals surface area contributed by atoms with Crippen LogP contribution in [0, 0.1) is 12.7 Å². The van der Waals surface area contributed by atoms with E-state index in [9.17, 15) is 9.50 Å². The van der Waals surface area contributed by atoms with Gasteiger partial charge in [-0.2, -0.15) is 0 Å². The lowest BCUT2D eigenvalue weighted by Crippen LogP contribution is -2.45. The Balaban J connectivity index is 2.41. The lowest BCUT2D eigenvalue weighted by atomic mass is 10.1. The highest BCUT2D eigenvalue weighted by molar-refractivity contribution is 6.34. The van der Waals surface area contributed by atoms with E-state index in [-0.39, 0.29) is 11.6 Å². The van der Waals surface area contributed by atoms with Crippen LogP contribution in [0.5, 0.6) is 0 Å². The zero-order valence-corrected chi connectivity index (χ0v) is 10.7. The summed E-state index contributed by atoms with van der Waals surface area (Å²) in [6.07, 6.45) is 0. The predicted octanol–water partition coefficient (Wildman–Crippen LogP) is 2.21. The minimum absolute atomic E-state index is 0.0572. The third-order valence-corrected chi connectivity index (χ3v) is 2.85. The van der Waals surface area contributed by atoms with Crippen molar-refractivity contribution in [3.8, 4) is 0 Å². The molecule has 17 heavy (non-hydrogen) atoms. The molecule has 0 radical (unpaired) electrons. The Kier molecular flexibility index (Phi) is 2.93. The van der Waals surface area contributed by atoms with Gasteiger partial charge in [-0.05, 0) is 32.4 Å². The molecule has 1 heterocycles. The SMILES string of the molecule is Cc1cc2c(c(Cl)c1F)N(CC(C)(C)O)NN2. The van der Waals surface area contributed by atoms with Crippen LogP contribution in [0.4, 0.5) is 15.8 Å². The fourth-order valence-corrected chi connectivity index (χ4v) is 2.14. The molecule has 3 N–H and O–H groups in total. The van der Waals surface area contributed by atoms with Crippen molar-refractivity contribution in [3.63, 3.8) is 0 Å². The molecule has 1 aromatic carbocycles. The number of nitrogens with zero attached hydrogens (tertiary/aromatic N) is 1. The Morgan fingerprint density at radius 2 is 2.18 bits per heavy atom. The molecule has 0 aromatic heterocycles. The molecule has 0 bridgehead atoms. The topological polar surface area (TPSA) is 47.5 Å². The van der Waals surface area contributed by atoms with E-state index >= 15 is 0 Å². The maximum Gasteiger partial charge on any atom is 0.147 e. The highest BCUT2D eigenvalue weighted by atomic mass is 35.5. The largest absolute Gasteiger partial charge is 0.389 e. The van der Waals surface area contributed by atoms with E-state index in [1.807, 2.05) is 0 Å². The second-order valence-corrected chi connectivity index (χ2v) is 5.23. The minimum Gasteiger partial charge on any atom is -0.389 e. The second-order valence-electron chi connectivity index (χ2n) is 4.85. The molecule has 0 aliphatic carbocycles. The van der Waals surface area contributed by atoms with Crippen molar-refractivity contribution >= 4 is 23.0 Å². The zero-order valence-electron chi connectivity index (χ0n) is 9.93. The molecular formula is C11H15ClFN3O. The molecule has 0 amide bonds. The number of aryl methyl sites for hydroxylation is 1. The number of anilines is 2. The molecule has 0 saturated heterocycles. The summed E-state index contributed by atoms with van der Waals surface area (Å²) in [5.41, 5.74) is 6.54. The van der Waals surface area contributed by atoms with E-state index < -0.39 is 11.4 Å². The number of hydrazine groups is 2. The first-order valence-corrected chi connectivity index (χ1v) is 5.67. The van der Waals surface area contributed by atoms with Crippen LogP contribution in [0.15, 0.2) is 6.07 Å². The summed E-state index contributed by atoms with van der Waals surface area (Å²) in [5.74, 6) is -0.434. The van der Waals surface area contributed by atoms with E-state index in [1.165, 1.54) is 0 Å². The maximum atomic E-state index is 13.7. The van der Waals surface area contributed by atoms with E-state index in [2.05, 4.69) is 11.0 Å². The Labute approximate surface area is 104 Å². The fraction of sp³-hybridized carbons (Fsp3) is 0.455. The summed E-state index contributed by atoms with van der Waals surface area (Å²) in [4.78, 5) is 0. The van der Waals surface area contributed by atoms with Crippen LogP contribution >= 0.6 is 11.6 Å². The normalized spacial score (nSPS) is 14.8. The number of benzene rings is 1. The van der Waals surface area contributed by atoms with Gasteiger partial charge in [-0.1, -0.05) is 11.6 Å². The smallest absolute Gasteiger partial charge is 0.147 e. The number of β-amino-alcohol motifs (C(OH)–C–C–N with tert-alkyl or cyclic N) is 1. The molecule has 0 atom stereocenters. The molecular weight excluding hydrogens is 245 g/mol. The first-order valence-electron chi connectivity index (χ1n) is 5.30. The van der Waals surface area contributed by atoms with Gasteiger partial charge in [0.2, 0.25) is 0 Å². The van der Waals surface area contributed by atoms with Crippen LogP contribution in [-0.2, 0) is 0 Å². The molecule has 0 unspecified atom stereocenters. The third-order valence-electron chi connectivity index (χ3n) is 2.50. The first kappa shape index (κ1) is 12.4. The van der Waals surface area contributed by atoms with Crippen LogP contribution in [0.2, 0.25) is 5.02 Å². The number of nitrogens with one attached hydrogen (secondary N) is 2. The summed E-state index contributed by atoms with van der Waals surface area (Å²) < 4.78 is 13.7. The Bertz CT molecular complexity index is 459. The van der Waals surface area contributed by atoms with Crippen molar-refractivity contribution in [1.29, 1.82) is 0 Å². The number of aliphatic hydroxyl groups is 1. The third kappa shape index (κ3) is 2.31. The Morgan fingerprint density at radius 3 is 2.76 bits per heavy atom. The van der Waals surface area contributed by atoms with Gasteiger partial charge in [0.05, 0.1) is 23.5 Å². The van der Waals surface area contributed by atoms with Crippen molar-refractivity contribution in [1.82, 2.24) is 5.53 Å². The predicted molar refractivity (Wildman–Crippen MR) is 66.5 cm³/mol. The number of hydrogen-bond donors (Lipinski definition) is 3. The lowest BCUT2D eigenvalue weighted by molar-refractivity contribution is 0.0857. The summed E-state index contributed by atoms with van der Waals surface area (Å²) in [6, 6.07) is 1.67. The van der Waals surface area contributed by atoms with Crippen LogP contribution in [0.3, 0.4) is 0 Å². The van der Waals surface area contributed by atoms with Gasteiger partial charge in [-0.3, -0.25) is 5.01 Å². The van der Waals surface area contributed by atoms with Crippen LogP contribution < -0.4 is 16.0 Å². The van der Waals surface area contributed by atoms with E-state index in [4.69, 9.17) is 11.6 Å². The van der Waals surface area contributed by atoms with E-state index in [0.717, 1.165) is 0 Å². The Morgan fingerprint density at radius 1 is 1.53 bits per heavy atom. The molecule has 94 valence electrons. The zero-order chi connectivity index (χ0) is 12.8. The van der Waals surface area contributed by atoms with Gasteiger partial charge in [0.25, 0.3) is 0 Å². The molecule has 0 spiro atoms. The van der Waals surface area contributed by atoms with Crippen molar-refractivity contribution < 1.29 is 9.50 Å². The molecule has 1 aliphatic rings. The van der Waals surface area contributed by atoms with Crippen molar-refractivity contribution in [3.05, 3.63) is 22.5 Å². The molecule has 1 aromatic rings. The molecule has 0 saturated carbocycles. The van der Waals surface area contributed by atoms with Gasteiger partial charge in [0.1, 0.15) is 10.8 Å². The summed E-state index contributed by atoms with van der Waals surface area (Å²) >= 11 is 5.99. The average molecular weight is 260 g/mol. The van der Waals surface area contributed by atoms with Crippen LogP contribution in [0.25, 0.3) is 0 Å². The second kappa shape index (κ2) is 4.01. The molecule has 2 rings (SSSR count). The molecule has 0 fully saturated rings. The van der Waals surface area contributed by atoms with Crippen LogP contribution in [-0.4, -0.2) is 17.3 Å². The highest BCUT2D eigenvalue weighted by Crippen LogP contribution is 2.39.